The summed E-state index contributed by atoms with van der Waals surface area (Å²) in [4.78, 5) is 24.3. The lowest BCUT2D eigenvalue weighted by Gasteiger charge is -2.24. The highest BCUT2D eigenvalue weighted by Gasteiger charge is 2.38. The molecule has 0 aromatic heterocycles. The van der Waals surface area contributed by atoms with Crippen LogP contribution in [0.1, 0.15) is 93.4 Å². The molecule has 2 atom stereocenters. The number of carbonyl (C=O) groups is 2. The quantitative estimate of drug-likeness (QED) is 0.550. The van der Waals surface area contributed by atoms with Crippen molar-refractivity contribution in [1.29, 1.82) is 0 Å². The molecule has 2 amide bonds. The summed E-state index contributed by atoms with van der Waals surface area (Å²) in [6.45, 7) is 14.9. The summed E-state index contributed by atoms with van der Waals surface area (Å²) in [5, 5.41) is 5.64. The van der Waals surface area contributed by atoms with E-state index < -0.39 is 0 Å². The minimum absolute atomic E-state index is 0.0160. The maximum Gasteiger partial charge on any atom is 0.313 e. The van der Waals surface area contributed by atoms with E-state index in [1.807, 2.05) is 19.9 Å². The predicted molar refractivity (Wildman–Crippen MR) is 136 cm³/mol. The van der Waals surface area contributed by atoms with Crippen LogP contribution in [0.4, 0.5) is 0 Å². The molecule has 2 fully saturated rings. The molecule has 5 nitrogen and oxygen atoms in total. The van der Waals surface area contributed by atoms with E-state index in [1.165, 1.54) is 31.3 Å². The molecule has 182 valence electrons. The van der Waals surface area contributed by atoms with Crippen LogP contribution in [-0.4, -0.2) is 37.8 Å². The molecule has 1 saturated carbocycles. The third kappa shape index (κ3) is 10.8. The first-order valence-electron chi connectivity index (χ1n) is 12.7. The van der Waals surface area contributed by atoms with Gasteiger partial charge in [0.05, 0.1) is 6.54 Å². The highest BCUT2D eigenvalue weighted by Crippen LogP contribution is 2.36. The zero-order valence-corrected chi connectivity index (χ0v) is 21.7. The van der Waals surface area contributed by atoms with E-state index >= 15 is 0 Å². The number of rotatable bonds is 5. The van der Waals surface area contributed by atoms with Crippen molar-refractivity contribution >= 4 is 18.7 Å². The van der Waals surface area contributed by atoms with Crippen LogP contribution in [-0.2, 0) is 14.2 Å². The minimum Gasteiger partial charge on any atom is -0.431 e. The first-order valence-corrected chi connectivity index (χ1v) is 12.7. The Labute approximate surface area is 197 Å². The molecule has 6 heteroatoms. The van der Waals surface area contributed by atoms with Gasteiger partial charge in [-0.15, -0.1) is 0 Å². The van der Waals surface area contributed by atoms with Gasteiger partial charge >= 0.3 is 6.92 Å². The van der Waals surface area contributed by atoms with E-state index in [1.54, 1.807) is 0 Å². The van der Waals surface area contributed by atoms with Crippen molar-refractivity contribution in [2.45, 2.75) is 106 Å². The van der Waals surface area contributed by atoms with Gasteiger partial charge in [-0.3, -0.25) is 9.59 Å². The topological polar surface area (TPSA) is 67.4 Å². The Balaban J connectivity index is 0.000000645. The number of allylic oxidation sites excluding steroid dienone is 2. The normalized spacial score (nSPS) is 22.1. The summed E-state index contributed by atoms with van der Waals surface area (Å²) >= 11 is 0. The summed E-state index contributed by atoms with van der Waals surface area (Å²) in [5.74, 6) is 1.20. The van der Waals surface area contributed by atoms with Crippen molar-refractivity contribution in [3.05, 3.63) is 22.8 Å². The summed E-state index contributed by atoms with van der Waals surface area (Å²) in [6.07, 6.45) is 12.1. The average Bonchev–Trinajstić information content (AvgIpc) is 3.15. The van der Waals surface area contributed by atoms with Gasteiger partial charge in [-0.2, -0.15) is 0 Å². The zero-order chi connectivity index (χ0) is 24.1. The van der Waals surface area contributed by atoms with Gasteiger partial charge < -0.3 is 15.3 Å². The van der Waals surface area contributed by atoms with Crippen LogP contribution in [0.3, 0.4) is 0 Å². The van der Waals surface area contributed by atoms with Crippen LogP contribution in [0.25, 0.3) is 0 Å². The molecule has 2 N–H and O–H groups in total. The van der Waals surface area contributed by atoms with Gasteiger partial charge in [0.15, 0.2) is 0 Å². The molecular weight excluding hydrogens is 399 g/mol. The average molecular weight is 446 g/mol. The Morgan fingerprint density at radius 2 is 1.72 bits per heavy atom. The third-order valence-corrected chi connectivity index (χ3v) is 5.70. The van der Waals surface area contributed by atoms with E-state index in [2.05, 4.69) is 45.3 Å². The molecule has 3 rings (SSSR count). The maximum atomic E-state index is 12.3. The molecule has 1 saturated heterocycles. The van der Waals surface area contributed by atoms with Crippen molar-refractivity contribution in [2.24, 2.45) is 11.8 Å². The van der Waals surface area contributed by atoms with Crippen LogP contribution < -0.4 is 10.6 Å². The summed E-state index contributed by atoms with van der Waals surface area (Å²) in [5.41, 5.74) is 3.00. The van der Waals surface area contributed by atoms with E-state index in [9.17, 15) is 9.59 Å². The number of nitrogens with one attached hydrogen (secondary N) is 2. The second-order valence-corrected chi connectivity index (χ2v) is 10.2. The van der Waals surface area contributed by atoms with E-state index in [0.717, 1.165) is 37.1 Å². The zero-order valence-electron chi connectivity index (χ0n) is 21.7. The Morgan fingerprint density at radius 1 is 1.09 bits per heavy atom. The molecule has 0 aromatic rings. The first kappa shape index (κ1) is 28.5. The largest absolute Gasteiger partial charge is 0.431 e. The molecule has 1 heterocycles. The lowest BCUT2D eigenvalue weighted by molar-refractivity contribution is -0.124. The van der Waals surface area contributed by atoms with Crippen LogP contribution in [0.15, 0.2) is 22.8 Å². The molecule has 1 aliphatic heterocycles. The molecule has 0 spiro atoms. The Bertz CT molecular complexity index is 641. The fourth-order valence-electron chi connectivity index (χ4n) is 4.16. The van der Waals surface area contributed by atoms with Crippen LogP contribution in [0.2, 0.25) is 6.32 Å². The van der Waals surface area contributed by atoms with Crippen molar-refractivity contribution in [3.63, 3.8) is 0 Å². The number of hydrogen-bond acceptors (Lipinski definition) is 3. The number of hydrogen-bond donors (Lipinski definition) is 2. The lowest BCUT2D eigenvalue weighted by atomic mass is 9.62. The van der Waals surface area contributed by atoms with Gasteiger partial charge in [-0.05, 0) is 57.7 Å². The Hall–Kier alpha value is -1.56. The van der Waals surface area contributed by atoms with Gasteiger partial charge in [0.1, 0.15) is 0 Å². The Kier molecular flexibility index (Phi) is 13.6. The second kappa shape index (κ2) is 15.3. The predicted octanol–water partition coefficient (Wildman–Crippen LogP) is 5.47. The number of amides is 2. The highest BCUT2D eigenvalue weighted by molar-refractivity contribution is 6.53. The molecule has 0 aromatic carbocycles. The molecular formula is C26H47BN2O3. The lowest BCUT2D eigenvalue weighted by Crippen LogP contribution is -2.41. The molecule has 3 aliphatic rings. The van der Waals surface area contributed by atoms with Crippen molar-refractivity contribution in [3.8, 4) is 0 Å². The maximum absolute atomic E-state index is 12.3. The number of carbonyl (C=O) groups excluding carboxylic acids is 2. The van der Waals surface area contributed by atoms with Crippen molar-refractivity contribution in [2.75, 3.05) is 13.0 Å². The molecule has 0 radical (unpaired) electrons. The Morgan fingerprint density at radius 3 is 2.34 bits per heavy atom. The number of fused-ring (bicyclic) bond motifs is 1. The van der Waals surface area contributed by atoms with Gasteiger partial charge in [0.25, 0.3) is 5.91 Å². The van der Waals surface area contributed by atoms with Crippen LogP contribution in [0.5, 0.6) is 0 Å². The van der Waals surface area contributed by atoms with Gasteiger partial charge in [-0.25, -0.2) is 0 Å². The van der Waals surface area contributed by atoms with Crippen molar-refractivity contribution in [1.82, 2.24) is 10.6 Å². The standard InChI is InChI=1S/C19H29BN2O3.C4H10.C3H8/c1-13-7-8-14(2)16(9-13)19(24)21-11-18(23)22-12-20-10-15-5-3-4-6-17(15)25-20;1-4(2)3;1-3-2/h9,15,17H,3-8,10-12H2,1-2H3,(H,21,24)(H,22,23);4H,1-3H3;3H2,1-2H3. The van der Waals surface area contributed by atoms with Crippen molar-refractivity contribution < 1.29 is 14.2 Å². The highest BCUT2D eigenvalue weighted by atomic mass is 16.5. The van der Waals surface area contributed by atoms with E-state index in [4.69, 9.17) is 4.65 Å². The second-order valence-electron chi connectivity index (χ2n) is 10.2. The molecule has 2 unspecified atom stereocenters. The molecule has 32 heavy (non-hydrogen) atoms. The molecule has 2 aliphatic carbocycles. The van der Waals surface area contributed by atoms with Crippen LogP contribution >= 0.6 is 0 Å². The van der Waals surface area contributed by atoms with E-state index in [-0.39, 0.29) is 25.3 Å². The van der Waals surface area contributed by atoms with E-state index in [0.29, 0.717) is 24.0 Å². The minimum atomic E-state index is -0.158. The van der Waals surface area contributed by atoms with Gasteiger partial charge in [0.2, 0.25) is 5.91 Å². The van der Waals surface area contributed by atoms with Crippen LogP contribution in [0, 0.1) is 11.8 Å². The monoisotopic (exact) mass is 446 g/mol. The summed E-state index contributed by atoms with van der Waals surface area (Å²) in [7, 11) is 0. The fraction of sp³-hybridized carbons (Fsp3) is 0.769. The summed E-state index contributed by atoms with van der Waals surface area (Å²) in [6, 6.07) is 0. The molecule has 0 bridgehead atoms. The third-order valence-electron chi connectivity index (χ3n) is 5.70. The SMILES string of the molecule is CC(C)C.CC1=CC(C(=O)NCC(=O)NCB2CC3CCCCC3O2)=C(C)CC1.CCC. The van der Waals surface area contributed by atoms with Gasteiger partial charge in [0, 0.05) is 18.1 Å². The summed E-state index contributed by atoms with van der Waals surface area (Å²) < 4.78 is 6.05. The smallest absolute Gasteiger partial charge is 0.313 e. The fourth-order valence-corrected chi connectivity index (χ4v) is 4.16. The van der Waals surface area contributed by atoms with Gasteiger partial charge in [-0.1, -0.05) is 71.1 Å². The first-order chi connectivity index (χ1) is 15.2.